The second-order valence-electron chi connectivity index (χ2n) is 8.95. The van der Waals surface area contributed by atoms with Gasteiger partial charge in [0, 0.05) is 18.9 Å². The van der Waals surface area contributed by atoms with Gasteiger partial charge in [-0.25, -0.2) is 0 Å². The summed E-state index contributed by atoms with van der Waals surface area (Å²) in [5, 5.41) is 0. The summed E-state index contributed by atoms with van der Waals surface area (Å²) < 4.78 is 10.9. The third-order valence-electron chi connectivity index (χ3n) is 7.99. The number of fused-ring (bicyclic) bond motifs is 4. The number of carbonyl (C=O) groups excluding carboxylic acids is 1. The molecule has 0 aromatic heterocycles. The lowest BCUT2D eigenvalue weighted by Gasteiger charge is -2.53. The van der Waals surface area contributed by atoms with Crippen molar-refractivity contribution >= 4 is 5.78 Å². The maximum absolute atomic E-state index is 12.4. The number of Topliss-reactive ketones (excluding diaryl/α,β-unsaturated/α-hetero) is 1. The van der Waals surface area contributed by atoms with Crippen LogP contribution in [0.4, 0.5) is 0 Å². The van der Waals surface area contributed by atoms with Gasteiger partial charge < -0.3 is 9.47 Å². The molecule has 130 valence electrons. The van der Waals surface area contributed by atoms with Gasteiger partial charge in [-0.05, 0) is 81.0 Å². The van der Waals surface area contributed by atoms with Gasteiger partial charge in [0.25, 0.3) is 0 Å². The van der Waals surface area contributed by atoms with Gasteiger partial charge in [0.05, 0.1) is 6.10 Å². The van der Waals surface area contributed by atoms with E-state index in [1.807, 2.05) is 0 Å². The molecular weight excluding hydrogens is 288 g/mol. The van der Waals surface area contributed by atoms with Crippen molar-refractivity contribution in [2.45, 2.75) is 70.8 Å². The number of methoxy groups -OCH3 is 1. The standard InChI is InChI=1S/C20H32O3/c1-20-8-7-14-9-15-10-16(23-12-22-2)4-3-13(15)11-17(14)18(20)5-6-19(20)21/h13-18H,3-12H2,1-2H3/t13?,14-,15-,16+,17-,18+,20+/m0/s1. The molecule has 0 spiro atoms. The van der Waals surface area contributed by atoms with E-state index in [1.165, 1.54) is 44.9 Å². The van der Waals surface area contributed by atoms with Gasteiger partial charge in [-0.3, -0.25) is 4.79 Å². The highest BCUT2D eigenvalue weighted by Gasteiger charge is 2.56. The summed E-state index contributed by atoms with van der Waals surface area (Å²) >= 11 is 0. The number of ketones is 1. The van der Waals surface area contributed by atoms with Crippen molar-refractivity contribution in [3.63, 3.8) is 0 Å². The van der Waals surface area contributed by atoms with Crippen molar-refractivity contribution in [3.05, 3.63) is 0 Å². The Labute approximate surface area is 140 Å². The Hall–Kier alpha value is -0.410. The molecule has 0 amide bonds. The first-order valence-corrected chi connectivity index (χ1v) is 9.75. The average molecular weight is 320 g/mol. The molecule has 0 heterocycles. The number of carbonyl (C=O) groups is 1. The molecule has 23 heavy (non-hydrogen) atoms. The van der Waals surface area contributed by atoms with Crippen molar-refractivity contribution in [3.8, 4) is 0 Å². The Balaban J connectivity index is 1.44. The summed E-state index contributed by atoms with van der Waals surface area (Å²) in [5.74, 6) is 4.71. The van der Waals surface area contributed by atoms with E-state index in [1.54, 1.807) is 7.11 Å². The van der Waals surface area contributed by atoms with E-state index in [4.69, 9.17) is 9.47 Å². The molecule has 0 aromatic rings. The fraction of sp³-hybridized carbons (Fsp3) is 0.950. The first-order chi connectivity index (χ1) is 11.1. The molecule has 4 fully saturated rings. The lowest BCUT2D eigenvalue weighted by Crippen LogP contribution is -2.47. The Bertz CT molecular complexity index is 462. The largest absolute Gasteiger partial charge is 0.359 e. The second-order valence-corrected chi connectivity index (χ2v) is 8.95. The minimum absolute atomic E-state index is 0.0345. The zero-order chi connectivity index (χ0) is 16.0. The van der Waals surface area contributed by atoms with Crippen LogP contribution in [0.2, 0.25) is 0 Å². The van der Waals surface area contributed by atoms with E-state index in [0.29, 0.717) is 24.6 Å². The number of hydrogen-bond acceptors (Lipinski definition) is 3. The maximum Gasteiger partial charge on any atom is 0.146 e. The molecule has 3 heteroatoms. The summed E-state index contributed by atoms with van der Waals surface area (Å²) in [7, 11) is 1.71. The van der Waals surface area contributed by atoms with E-state index in [-0.39, 0.29) is 5.41 Å². The van der Waals surface area contributed by atoms with Crippen molar-refractivity contribution in [1.29, 1.82) is 0 Å². The zero-order valence-electron chi connectivity index (χ0n) is 14.8. The highest BCUT2D eigenvalue weighted by Crippen LogP contribution is 2.60. The van der Waals surface area contributed by atoms with Gasteiger partial charge in [0.15, 0.2) is 0 Å². The molecule has 1 unspecified atom stereocenters. The van der Waals surface area contributed by atoms with Crippen LogP contribution in [0.3, 0.4) is 0 Å². The van der Waals surface area contributed by atoms with E-state index < -0.39 is 0 Å². The highest BCUT2D eigenvalue weighted by molar-refractivity contribution is 5.87. The minimum atomic E-state index is 0.0345. The van der Waals surface area contributed by atoms with Crippen LogP contribution in [-0.4, -0.2) is 25.8 Å². The molecule has 0 N–H and O–H groups in total. The Kier molecular flexibility index (Phi) is 4.30. The van der Waals surface area contributed by atoms with Crippen LogP contribution in [0.15, 0.2) is 0 Å². The quantitative estimate of drug-likeness (QED) is 0.731. The predicted molar refractivity (Wildman–Crippen MR) is 88.9 cm³/mol. The molecule has 0 aromatic carbocycles. The van der Waals surface area contributed by atoms with E-state index in [0.717, 1.165) is 36.5 Å². The SMILES string of the molecule is COCO[C@@H]1CCC2C[C@H]3[C@@H](CC[C@@]4(C)C(=O)CC[C@H]34)C[C@H]2C1. The van der Waals surface area contributed by atoms with Crippen molar-refractivity contribution in [2.75, 3.05) is 13.9 Å². The molecule has 0 aliphatic heterocycles. The van der Waals surface area contributed by atoms with Gasteiger partial charge in [0.2, 0.25) is 0 Å². The minimum Gasteiger partial charge on any atom is -0.359 e. The van der Waals surface area contributed by atoms with Crippen LogP contribution in [-0.2, 0) is 14.3 Å². The van der Waals surface area contributed by atoms with Gasteiger partial charge in [-0.2, -0.15) is 0 Å². The summed E-state index contributed by atoms with van der Waals surface area (Å²) in [6.07, 6.45) is 11.4. The molecule has 4 saturated carbocycles. The average Bonchev–Trinajstić information content (AvgIpc) is 2.87. The molecule has 4 aliphatic rings. The van der Waals surface area contributed by atoms with Crippen LogP contribution in [0.1, 0.15) is 64.7 Å². The molecule has 7 atom stereocenters. The van der Waals surface area contributed by atoms with Crippen molar-refractivity contribution < 1.29 is 14.3 Å². The van der Waals surface area contributed by atoms with E-state index in [9.17, 15) is 4.79 Å². The van der Waals surface area contributed by atoms with Gasteiger partial charge >= 0.3 is 0 Å². The zero-order valence-corrected chi connectivity index (χ0v) is 14.8. The monoisotopic (exact) mass is 320 g/mol. The van der Waals surface area contributed by atoms with E-state index >= 15 is 0 Å². The molecule has 3 nitrogen and oxygen atoms in total. The summed E-state index contributed by atoms with van der Waals surface area (Å²) in [6, 6.07) is 0. The number of ether oxygens (including phenoxy) is 2. The van der Waals surface area contributed by atoms with Crippen LogP contribution in [0.5, 0.6) is 0 Å². The molecular formula is C20H32O3. The van der Waals surface area contributed by atoms with Crippen LogP contribution in [0.25, 0.3) is 0 Å². The molecule has 0 radical (unpaired) electrons. The molecule has 4 rings (SSSR count). The third-order valence-corrected chi connectivity index (χ3v) is 7.99. The summed E-state index contributed by atoms with van der Waals surface area (Å²) in [4.78, 5) is 12.4. The lowest BCUT2D eigenvalue weighted by atomic mass is 9.52. The van der Waals surface area contributed by atoms with Crippen molar-refractivity contribution in [1.82, 2.24) is 0 Å². The predicted octanol–water partition coefficient (Wildman–Crippen LogP) is 4.20. The first-order valence-electron chi connectivity index (χ1n) is 9.75. The normalized spacial score (nSPS) is 49.4. The van der Waals surface area contributed by atoms with Gasteiger partial charge in [-0.15, -0.1) is 0 Å². The Morgan fingerprint density at radius 1 is 1.04 bits per heavy atom. The van der Waals surface area contributed by atoms with E-state index in [2.05, 4.69) is 6.92 Å². The van der Waals surface area contributed by atoms with Gasteiger partial charge in [0.1, 0.15) is 12.6 Å². The maximum atomic E-state index is 12.4. The smallest absolute Gasteiger partial charge is 0.146 e. The fourth-order valence-electron chi connectivity index (χ4n) is 6.72. The molecule has 0 saturated heterocycles. The highest BCUT2D eigenvalue weighted by atomic mass is 16.7. The second kappa shape index (κ2) is 6.15. The Morgan fingerprint density at radius 2 is 1.91 bits per heavy atom. The van der Waals surface area contributed by atoms with Crippen LogP contribution >= 0.6 is 0 Å². The first kappa shape index (κ1) is 16.1. The number of hydrogen-bond donors (Lipinski definition) is 0. The van der Waals surface area contributed by atoms with Crippen molar-refractivity contribution in [2.24, 2.45) is 35.0 Å². The fourth-order valence-corrected chi connectivity index (χ4v) is 6.72. The third kappa shape index (κ3) is 2.68. The molecule has 4 aliphatic carbocycles. The summed E-state index contributed by atoms with van der Waals surface area (Å²) in [5.41, 5.74) is 0.0345. The number of rotatable bonds is 3. The topological polar surface area (TPSA) is 35.5 Å². The molecule has 0 bridgehead atoms. The lowest BCUT2D eigenvalue weighted by molar-refractivity contribution is -0.133. The van der Waals surface area contributed by atoms with Crippen LogP contribution < -0.4 is 0 Å². The Morgan fingerprint density at radius 3 is 2.74 bits per heavy atom. The van der Waals surface area contributed by atoms with Gasteiger partial charge in [-0.1, -0.05) is 6.92 Å². The van der Waals surface area contributed by atoms with Crippen LogP contribution in [0, 0.1) is 35.0 Å². The summed E-state index contributed by atoms with van der Waals surface area (Å²) in [6.45, 7) is 2.72.